The van der Waals surface area contributed by atoms with Crippen molar-refractivity contribution in [2.75, 3.05) is 10.6 Å². The Labute approximate surface area is 137 Å². The molecule has 120 valence electrons. The van der Waals surface area contributed by atoms with Gasteiger partial charge in [-0.05, 0) is 43.5 Å². The van der Waals surface area contributed by atoms with E-state index in [0.29, 0.717) is 17.4 Å². The van der Waals surface area contributed by atoms with Crippen molar-refractivity contribution in [3.8, 4) is 0 Å². The third-order valence-corrected chi connectivity index (χ3v) is 4.37. The fraction of sp³-hybridized carbons (Fsp3) is 0.368. The van der Waals surface area contributed by atoms with Crippen LogP contribution in [0.15, 0.2) is 42.6 Å². The zero-order valence-electron chi connectivity index (χ0n) is 13.5. The normalized spacial score (nSPS) is 15.2. The number of hydrogen-bond acceptors (Lipinski definition) is 3. The summed E-state index contributed by atoms with van der Waals surface area (Å²) in [4.78, 5) is 16.6. The molecule has 1 fully saturated rings. The standard InChI is InChI=1S/C19H23N3O/c1-14-7-5-6-10-17(14)19(23)22-18-12-11-16(13-20-18)21-15-8-3-2-4-9-15/h5-7,10-13,15,21H,2-4,8-9H2,1H3,(H,20,22,23). The maximum absolute atomic E-state index is 12.3. The molecule has 2 aromatic rings. The molecule has 1 amide bonds. The van der Waals surface area contributed by atoms with Crippen LogP contribution in [-0.2, 0) is 0 Å². The van der Waals surface area contributed by atoms with Crippen molar-refractivity contribution in [2.45, 2.75) is 45.1 Å². The number of carbonyl (C=O) groups is 1. The average molecular weight is 309 g/mol. The summed E-state index contributed by atoms with van der Waals surface area (Å²) < 4.78 is 0. The molecule has 0 saturated heterocycles. The van der Waals surface area contributed by atoms with Crippen molar-refractivity contribution in [1.29, 1.82) is 0 Å². The van der Waals surface area contributed by atoms with Crippen LogP contribution in [0.5, 0.6) is 0 Å². The van der Waals surface area contributed by atoms with E-state index in [4.69, 9.17) is 0 Å². The predicted octanol–water partition coefficient (Wildman–Crippen LogP) is 4.39. The number of anilines is 2. The van der Waals surface area contributed by atoms with Gasteiger partial charge in [0.1, 0.15) is 5.82 Å². The van der Waals surface area contributed by atoms with E-state index in [0.717, 1.165) is 11.3 Å². The molecule has 4 heteroatoms. The molecule has 1 saturated carbocycles. The number of pyridine rings is 1. The van der Waals surface area contributed by atoms with Gasteiger partial charge in [0.2, 0.25) is 0 Å². The predicted molar refractivity (Wildman–Crippen MR) is 93.9 cm³/mol. The Bertz CT molecular complexity index is 661. The monoisotopic (exact) mass is 309 g/mol. The molecule has 1 aliphatic rings. The van der Waals surface area contributed by atoms with Crippen molar-refractivity contribution in [1.82, 2.24) is 4.98 Å². The van der Waals surface area contributed by atoms with Gasteiger partial charge in [-0.15, -0.1) is 0 Å². The second kappa shape index (κ2) is 7.27. The van der Waals surface area contributed by atoms with Gasteiger partial charge in [0.05, 0.1) is 11.9 Å². The molecule has 0 atom stereocenters. The van der Waals surface area contributed by atoms with Gasteiger partial charge in [-0.3, -0.25) is 4.79 Å². The summed E-state index contributed by atoms with van der Waals surface area (Å²) in [7, 11) is 0. The van der Waals surface area contributed by atoms with E-state index < -0.39 is 0 Å². The first-order valence-electron chi connectivity index (χ1n) is 8.32. The lowest BCUT2D eigenvalue weighted by molar-refractivity contribution is 0.102. The lowest BCUT2D eigenvalue weighted by Crippen LogP contribution is -2.22. The molecule has 0 aliphatic heterocycles. The van der Waals surface area contributed by atoms with E-state index in [1.54, 1.807) is 6.20 Å². The number of aryl methyl sites for hydroxylation is 1. The molecule has 0 radical (unpaired) electrons. The highest BCUT2D eigenvalue weighted by atomic mass is 16.1. The van der Waals surface area contributed by atoms with E-state index in [9.17, 15) is 4.79 Å². The molecule has 2 N–H and O–H groups in total. The molecule has 23 heavy (non-hydrogen) atoms. The Morgan fingerprint density at radius 3 is 2.57 bits per heavy atom. The third kappa shape index (κ3) is 4.09. The van der Waals surface area contributed by atoms with E-state index in [-0.39, 0.29) is 5.91 Å². The summed E-state index contributed by atoms with van der Waals surface area (Å²) >= 11 is 0. The summed E-state index contributed by atoms with van der Waals surface area (Å²) in [6.45, 7) is 1.93. The second-order valence-corrected chi connectivity index (χ2v) is 6.18. The highest BCUT2D eigenvalue weighted by molar-refractivity contribution is 6.04. The first-order valence-corrected chi connectivity index (χ1v) is 8.32. The minimum Gasteiger partial charge on any atom is -0.381 e. The van der Waals surface area contributed by atoms with E-state index in [2.05, 4.69) is 15.6 Å². The number of aromatic nitrogens is 1. The van der Waals surface area contributed by atoms with Gasteiger partial charge in [0.25, 0.3) is 5.91 Å². The molecule has 1 aromatic carbocycles. The summed E-state index contributed by atoms with van der Waals surface area (Å²) in [5, 5.41) is 6.38. The number of nitrogens with zero attached hydrogens (tertiary/aromatic N) is 1. The summed E-state index contributed by atoms with van der Waals surface area (Å²) in [5.74, 6) is 0.455. The number of carbonyl (C=O) groups excluding carboxylic acids is 1. The molecule has 0 spiro atoms. The lowest BCUT2D eigenvalue weighted by atomic mass is 9.95. The van der Waals surface area contributed by atoms with Crippen molar-refractivity contribution < 1.29 is 4.79 Å². The maximum Gasteiger partial charge on any atom is 0.257 e. The second-order valence-electron chi connectivity index (χ2n) is 6.18. The molecule has 1 aromatic heterocycles. The zero-order chi connectivity index (χ0) is 16.1. The first-order chi connectivity index (χ1) is 11.2. The van der Waals surface area contributed by atoms with Gasteiger partial charge in [-0.1, -0.05) is 37.5 Å². The van der Waals surface area contributed by atoms with Gasteiger partial charge in [-0.2, -0.15) is 0 Å². The molecule has 4 nitrogen and oxygen atoms in total. The Hall–Kier alpha value is -2.36. The lowest BCUT2D eigenvalue weighted by Gasteiger charge is -2.23. The van der Waals surface area contributed by atoms with Crippen molar-refractivity contribution in [3.63, 3.8) is 0 Å². The SMILES string of the molecule is Cc1ccccc1C(=O)Nc1ccc(NC2CCCCC2)cn1. The van der Waals surface area contributed by atoms with Crippen LogP contribution in [0.1, 0.15) is 48.0 Å². The van der Waals surface area contributed by atoms with E-state index in [1.807, 2.05) is 43.3 Å². The number of amides is 1. The van der Waals surface area contributed by atoms with Gasteiger partial charge in [0, 0.05) is 11.6 Å². The Morgan fingerprint density at radius 1 is 1.09 bits per heavy atom. The Morgan fingerprint density at radius 2 is 1.87 bits per heavy atom. The van der Waals surface area contributed by atoms with Crippen molar-refractivity contribution in [3.05, 3.63) is 53.7 Å². The number of benzene rings is 1. The van der Waals surface area contributed by atoms with Crippen LogP contribution in [0.4, 0.5) is 11.5 Å². The average Bonchev–Trinajstić information content (AvgIpc) is 2.58. The van der Waals surface area contributed by atoms with Crippen LogP contribution in [0.3, 0.4) is 0 Å². The maximum atomic E-state index is 12.3. The van der Waals surface area contributed by atoms with Gasteiger partial charge < -0.3 is 10.6 Å². The highest BCUT2D eigenvalue weighted by Gasteiger charge is 2.13. The minimum atomic E-state index is -0.122. The Kier molecular flexibility index (Phi) is 4.91. The van der Waals surface area contributed by atoms with Gasteiger partial charge in [-0.25, -0.2) is 4.98 Å². The van der Waals surface area contributed by atoms with Crippen LogP contribution in [0.25, 0.3) is 0 Å². The largest absolute Gasteiger partial charge is 0.381 e. The van der Waals surface area contributed by atoms with Crippen molar-refractivity contribution >= 4 is 17.4 Å². The number of rotatable bonds is 4. The Balaban J connectivity index is 1.61. The van der Waals surface area contributed by atoms with Crippen LogP contribution < -0.4 is 10.6 Å². The molecular weight excluding hydrogens is 286 g/mol. The topological polar surface area (TPSA) is 54.0 Å². The van der Waals surface area contributed by atoms with Gasteiger partial charge in [0.15, 0.2) is 0 Å². The summed E-state index contributed by atoms with van der Waals surface area (Å²) in [6.07, 6.45) is 8.20. The molecule has 0 bridgehead atoms. The molecule has 1 heterocycles. The number of hydrogen-bond donors (Lipinski definition) is 2. The van der Waals surface area contributed by atoms with Crippen LogP contribution >= 0.6 is 0 Å². The quantitative estimate of drug-likeness (QED) is 0.881. The highest BCUT2D eigenvalue weighted by Crippen LogP contribution is 2.21. The minimum absolute atomic E-state index is 0.122. The summed E-state index contributed by atoms with van der Waals surface area (Å²) in [6, 6.07) is 11.9. The molecular formula is C19H23N3O. The van der Waals surface area contributed by atoms with E-state index >= 15 is 0 Å². The fourth-order valence-corrected chi connectivity index (χ4v) is 3.05. The van der Waals surface area contributed by atoms with Crippen LogP contribution in [-0.4, -0.2) is 16.9 Å². The summed E-state index contributed by atoms with van der Waals surface area (Å²) in [5.41, 5.74) is 2.66. The third-order valence-electron chi connectivity index (χ3n) is 4.37. The molecule has 1 aliphatic carbocycles. The molecule has 3 rings (SSSR count). The van der Waals surface area contributed by atoms with Crippen LogP contribution in [0.2, 0.25) is 0 Å². The fourth-order valence-electron chi connectivity index (χ4n) is 3.05. The smallest absolute Gasteiger partial charge is 0.257 e. The van der Waals surface area contributed by atoms with E-state index in [1.165, 1.54) is 32.1 Å². The number of nitrogens with one attached hydrogen (secondary N) is 2. The van der Waals surface area contributed by atoms with Crippen LogP contribution in [0, 0.1) is 6.92 Å². The van der Waals surface area contributed by atoms with Crippen molar-refractivity contribution in [2.24, 2.45) is 0 Å². The zero-order valence-corrected chi connectivity index (χ0v) is 13.5. The van der Waals surface area contributed by atoms with Gasteiger partial charge >= 0.3 is 0 Å². The first kappa shape index (κ1) is 15.5. The molecule has 0 unspecified atom stereocenters.